The number of ketones is 2. The number of sulfone groups is 1. The molecule has 2 aromatic heterocycles. The van der Waals surface area contributed by atoms with Crippen LogP contribution in [0.25, 0.3) is 11.1 Å². The highest BCUT2D eigenvalue weighted by atomic mass is 32.2. The lowest BCUT2D eigenvalue weighted by molar-refractivity contribution is -0.143. The smallest absolute Gasteiger partial charge is 0.356 e. The lowest BCUT2D eigenvalue weighted by Gasteiger charge is -2.27. The zero-order valence-corrected chi connectivity index (χ0v) is 60.8. The average Bonchev–Trinajstić information content (AvgIpc) is 1.55. The average molecular weight is 1390 g/mol. The number of benzene rings is 5. The molecule has 1 unspecified atom stereocenters. The highest BCUT2D eigenvalue weighted by molar-refractivity contribution is 7.90. The Morgan fingerprint density at radius 3 is 1.85 bits per heavy atom. The summed E-state index contributed by atoms with van der Waals surface area (Å²) in [6.45, 7) is 28.1. The van der Waals surface area contributed by atoms with Crippen LogP contribution >= 0.6 is 0 Å². The quantitative estimate of drug-likeness (QED) is 0.0371. The predicted octanol–water partition coefficient (Wildman–Crippen LogP) is 12.9. The molecule has 0 spiro atoms. The number of carbonyl (C=O) groups excluding carboxylic acids is 4. The van der Waals surface area contributed by atoms with Gasteiger partial charge in [0.25, 0.3) is 5.56 Å². The normalized spacial score (nSPS) is 15.8. The topological polar surface area (TPSA) is 280 Å². The van der Waals surface area contributed by atoms with Gasteiger partial charge in [0.05, 0.1) is 72.8 Å². The van der Waals surface area contributed by atoms with Crippen LogP contribution in [0.4, 0.5) is 0 Å². The van der Waals surface area contributed by atoms with Gasteiger partial charge in [-0.2, -0.15) is 5.10 Å². The van der Waals surface area contributed by atoms with Crippen LogP contribution in [0.3, 0.4) is 0 Å². The molecule has 22 nitrogen and oxygen atoms in total. The van der Waals surface area contributed by atoms with Crippen LogP contribution in [0.2, 0.25) is 0 Å². The number of oxime groups is 3. The van der Waals surface area contributed by atoms with Crippen molar-refractivity contribution in [2.75, 3.05) is 39.3 Å². The molecular formula is C77H93N7O15S. The second-order valence-electron chi connectivity index (χ2n) is 26.0. The summed E-state index contributed by atoms with van der Waals surface area (Å²) in [6.07, 6.45) is 6.21. The summed E-state index contributed by atoms with van der Waals surface area (Å²) < 4.78 is 45.4. The third-order valence-corrected chi connectivity index (χ3v) is 18.8. The van der Waals surface area contributed by atoms with E-state index in [0.29, 0.717) is 124 Å². The number of aryl methyl sites for hydroxylation is 7. The molecule has 0 amide bonds. The summed E-state index contributed by atoms with van der Waals surface area (Å²) in [7, 11) is -2.00. The van der Waals surface area contributed by atoms with Crippen molar-refractivity contribution in [1.82, 2.24) is 19.1 Å². The fraction of sp³-hybridized carbons (Fsp3) is 0.416. The van der Waals surface area contributed by atoms with E-state index in [4.69, 9.17) is 28.7 Å². The van der Waals surface area contributed by atoms with Gasteiger partial charge >= 0.3 is 11.9 Å². The molecule has 532 valence electrons. The van der Waals surface area contributed by atoms with Crippen LogP contribution in [0, 0.1) is 40.0 Å². The largest absolute Gasteiger partial charge is 0.511 e. The fourth-order valence-electron chi connectivity index (χ4n) is 13.0. The number of allylic oxidation sites excluding steroid dienone is 2. The van der Waals surface area contributed by atoms with E-state index in [2.05, 4.69) is 86.4 Å². The van der Waals surface area contributed by atoms with Crippen molar-refractivity contribution < 1.29 is 66.5 Å². The van der Waals surface area contributed by atoms with Gasteiger partial charge in [0.1, 0.15) is 30.1 Å². The standard InChI is InChI=1S/C23H32N2O4.C20H27NO3.C18H17NO3.C16H17N3O5S/c1-7-16-13-15(3)14-17(8-2)18(16)19-20(26)24-9-11-28-12-10-25(24)21(19)29-22(27)23(4,5)6;1-6-16(21-24-7-2)20-17(22)10-15(11-18(20)23)19-13(4)8-12(3)9-14(19)5;1-2-21-17(20)16-13-18(22-19-16,14-9-5-3-6-10-14)15-11-7-4-8-12-15;1-9-10(15(20)11-8-17-19(2)16(11)21)4-5-13(25(3,22)23)14(9)12-6-7-24-18-12/h13-14H,7-12H2,1-6H3;8-9,15,22H,6-7,10-11H2,1-5H3;3-12H,2,13H2,1H3;4-5,8,21H,6-7H2,1-3H3/b;21-16+;;. The van der Waals surface area contributed by atoms with Crippen molar-refractivity contribution in [1.29, 1.82) is 0 Å². The molecule has 7 aromatic rings. The molecule has 1 aliphatic carbocycles. The van der Waals surface area contributed by atoms with Crippen molar-refractivity contribution >= 4 is 50.5 Å². The summed E-state index contributed by atoms with van der Waals surface area (Å²) in [5.41, 5.74) is 12.8. The summed E-state index contributed by atoms with van der Waals surface area (Å²) in [5.74, 6) is -1.02. The Bertz CT molecular complexity index is 4410. The van der Waals surface area contributed by atoms with Crippen LogP contribution in [-0.2, 0) is 86.8 Å². The third kappa shape index (κ3) is 16.9. The molecule has 0 saturated carbocycles. The van der Waals surface area contributed by atoms with Crippen molar-refractivity contribution in [3.63, 3.8) is 0 Å². The maximum Gasteiger partial charge on any atom is 0.356 e. The molecule has 3 aliphatic heterocycles. The lowest BCUT2D eigenvalue weighted by atomic mass is 9.78. The minimum absolute atomic E-state index is 0.0204. The number of carbonyl (C=O) groups is 4. The Kier molecular flexibility index (Phi) is 25.1. The molecule has 4 aliphatic rings. The number of hydrogen-bond acceptors (Lipinski definition) is 19. The molecule has 0 fully saturated rings. The van der Waals surface area contributed by atoms with Gasteiger partial charge in [0.15, 0.2) is 32.7 Å². The minimum atomic E-state index is -3.52. The number of hydrogen-bond donors (Lipinski definition) is 2. The van der Waals surface area contributed by atoms with Gasteiger partial charge in [-0.05, 0) is 145 Å². The molecule has 11 rings (SSSR count). The number of Topliss-reactive ketones (excluding diaryl/α,β-unsaturated/α-hetero) is 1. The van der Waals surface area contributed by atoms with Crippen molar-refractivity contribution in [3.05, 3.63) is 197 Å². The van der Waals surface area contributed by atoms with E-state index in [1.165, 1.54) is 57.9 Å². The predicted molar refractivity (Wildman–Crippen MR) is 383 cm³/mol. The molecule has 1 atom stereocenters. The van der Waals surface area contributed by atoms with Crippen LogP contribution in [0.15, 0.2) is 140 Å². The van der Waals surface area contributed by atoms with Crippen molar-refractivity contribution in [2.24, 2.45) is 27.9 Å². The van der Waals surface area contributed by atoms with Crippen LogP contribution < -0.4 is 10.3 Å². The number of fused-ring (bicyclic) bond motifs is 1. The van der Waals surface area contributed by atoms with Crippen LogP contribution in [-0.4, -0.2) is 118 Å². The van der Waals surface area contributed by atoms with Crippen LogP contribution in [0.5, 0.6) is 11.8 Å². The zero-order valence-electron chi connectivity index (χ0n) is 60.0. The number of aliphatic hydroxyl groups is 1. The number of aliphatic hydroxyl groups excluding tert-OH is 1. The molecular weight excluding hydrogens is 1290 g/mol. The third-order valence-electron chi connectivity index (χ3n) is 17.7. The molecule has 0 radical (unpaired) electrons. The Labute approximate surface area is 585 Å². The van der Waals surface area contributed by atoms with E-state index in [9.17, 15) is 42.6 Å². The molecule has 2 N–H and O–H groups in total. The molecule has 100 heavy (non-hydrogen) atoms. The molecule has 0 bridgehead atoms. The summed E-state index contributed by atoms with van der Waals surface area (Å²) >= 11 is 0. The van der Waals surface area contributed by atoms with Crippen molar-refractivity contribution in [3.8, 4) is 22.9 Å². The van der Waals surface area contributed by atoms with E-state index in [1.807, 2.05) is 95.3 Å². The molecule has 5 aromatic carbocycles. The van der Waals surface area contributed by atoms with E-state index < -0.39 is 32.6 Å². The van der Waals surface area contributed by atoms with Gasteiger partial charge in [0.2, 0.25) is 11.8 Å². The SMILES string of the molecule is CCO/N=C(\CC)C1=C(O)CC(c2c(C)cc(C)cc2C)CC1=O.CCOC(=O)C1=NOC(c2ccccc2)(c2ccccc2)C1.CCc1cc(C)cc(CC)c1-c1c(OC(=O)C(C)(C)C)n2n(c1=O)CCOCC2.Cc1c(C(=O)c2cnn(C)c2O)ccc(S(C)(=O)=O)c1C1=NOCC1. The second-order valence-corrected chi connectivity index (χ2v) is 28.0. The maximum absolute atomic E-state index is 13.5. The van der Waals surface area contributed by atoms with Gasteiger partial charge in [-0.1, -0.05) is 132 Å². The summed E-state index contributed by atoms with van der Waals surface area (Å²) in [6, 6.07) is 31.0. The highest BCUT2D eigenvalue weighted by Crippen LogP contribution is 2.43. The zero-order chi connectivity index (χ0) is 73.0. The van der Waals surface area contributed by atoms with Gasteiger partial charge in [-0.3, -0.25) is 19.2 Å². The van der Waals surface area contributed by atoms with Crippen LogP contribution in [0.1, 0.15) is 171 Å². The Morgan fingerprint density at radius 1 is 0.740 bits per heavy atom. The van der Waals surface area contributed by atoms with Gasteiger partial charge in [-0.15, -0.1) is 0 Å². The molecule has 5 heterocycles. The number of aromatic nitrogens is 4. The summed E-state index contributed by atoms with van der Waals surface area (Å²) in [4.78, 5) is 79.7. The molecule has 0 saturated heterocycles. The number of nitrogens with zero attached hydrogens (tertiary/aromatic N) is 7. The van der Waals surface area contributed by atoms with E-state index >= 15 is 0 Å². The number of esters is 2. The Hall–Kier alpha value is -9.74. The first-order chi connectivity index (χ1) is 47.5. The molecule has 23 heteroatoms. The van der Waals surface area contributed by atoms with Gasteiger partial charge < -0.3 is 38.9 Å². The van der Waals surface area contributed by atoms with Gasteiger partial charge in [-0.25, -0.2) is 27.3 Å². The Balaban J connectivity index is 0.000000170. The minimum Gasteiger partial charge on any atom is -0.511 e. The van der Waals surface area contributed by atoms with E-state index in [0.717, 1.165) is 46.9 Å². The first-order valence-corrected chi connectivity index (χ1v) is 35.7. The number of rotatable bonds is 17. The number of aromatic hydroxyl groups is 1. The summed E-state index contributed by atoms with van der Waals surface area (Å²) in [5, 5.41) is 36.3. The van der Waals surface area contributed by atoms with Crippen molar-refractivity contribution in [2.45, 2.75) is 164 Å². The van der Waals surface area contributed by atoms with E-state index in [-0.39, 0.29) is 50.9 Å². The fourth-order valence-corrected chi connectivity index (χ4v) is 13.9. The highest BCUT2D eigenvalue weighted by Gasteiger charge is 2.45. The first kappa shape index (κ1) is 76.0. The van der Waals surface area contributed by atoms with E-state index in [1.54, 1.807) is 23.2 Å². The van der Waals surface area contributed by atoms with Gasteiger partial charge in [0, 0.05) is 54.8 Å². The second kappa shape index (κ2) is 33.0. The lowest BCUT2D eigenvalue weighted by Crippen LogP contribution is -2.29. The Morgan fingerprint density at radius 2 is 1.34 bits per heavy atom. The monoisotopic (exact) mass is 1390 g/mol. The maximum atomic E-state index is 13.5. The first-order valence-electron chi connectivity index (χ1n) is 33.8. The number of ether oxygens (including phenoxy) is 3.